The molecule has 24 heavy (non-hydrogen) atoms. The van der Waals surface area contributed by atoms with E-state index in [1.807, 2.05) is 43.3 Å². The second-order valence-corrected chi connectivity index (χ2v) is 6.42. The van der Waals surface area contributed by atoms with Gasteiger partial charge in [-0.25, -0.2) is 0 Å². The smallest absolute Gasteiger partial charge is 0.243 e. The van der Waals surface area contributed by atoms with Gasteiger partial charge in [0, 0.05) is 10.7 Å². The van der Waals surface area contributed by atoms with E-state index in [2.05, 4.69) is 24.5 Å². The van der Waals surface area contributed by atoms with Crippen molar-refractivity contribution in [3.05, 3.63) is 53.1 Å². The summed E-state index contributed by atoms with van der Waals surface area (Å²) < 4.78 is 5.77. The van der Waals surface area contributed by atoms with E-state index in [0.29, 0.717) is 17.5 Å². The van der Waals surface area contributed by atoms with Gasteiger partial charge >= 0.3 is 0 Å². The predicted octanol–water partition coefficient (Wildman–Crippen LogP) is 4.73. The van der Waals surface area contributed by atoms with Crippen molar-refractivity contribution in [3.8, 4) is 5.75 Å². The standard InChI is InChI=1S/C19H23ClN2O2/c1-13(2)12-24-18-10-5-4-8-17(18)21-11-19(23)22-16-9-6-7-15(20)14(16)3/h4-10,13,21H,11-12H2,1-3H3,(H,22,23). The molecule has 0 radical (unpaired) electrons. The lowest BCUT2D eigenvalue weighted by atomic mass is 10.2. The number of benzene rings is 2. The Balaban J connectivity index is 1.95. The van der Waals surface area contributed by atoms with E-state index in [1.165, 1.54) is 0 Å². The summed E-state index contributed by atoms with van der Waals surface area (Å²) in [7, 11) is 0. The van der Waals surface area contributed by atoms with Crippen molar-refractivity contribution < 1.29 is 9.53 Å². The van der Waals surface area contributed by atoms with Crippen molar-refractivity contribution in [2.24, 2.45) is 5.92 Å². The summed E-state index contributed by atoms with van der Waals surface area (Å²) >= 11 is 6.07. The maximum absolute atomic E-state index is 12.2. The Morgan fingerprint density at radius 2 is 1.83 bits per heavy atom. The minimum absolute atomic E-state index is 0.140. The van der Waals surface area contributed by atoms with Crippen LogP contribution in [0.25, 0.3) is 0 Å². The molecule has 0 aromatic heterocycles. The number of nitrogens with one attached hydrogen (secondary N) is 2. The summed E-state index contributed by atoms with van der Waals surface area (Å²) in [4.78, 5) is 12.2. The number of hydrogen-bond acceptors (Lipinski definition) is 3. The van der Waals surface area contributed by atoms with Crippen molar-refractivity contribution in [1.29, 1.82) is 0 Å². The molecule has 2 rings (SSSR count). The number of hydrogen-bond donors (Lipinski definition) is 2. The van der Waals surface area contributed by atoms with E-state index in [1.54, 1.807) is 6.07 Å². The third-order valence-electron chi connectivity index (χ3n) is 3.44. The fourth-order valence-electron chi connectivity index (χ4n) is 2.11. The van der Waals surface area contributed by atoms with Crippen molar-refractivity contribution in [3.63, 3.8) is 0 Å². The van der Waals surface area contributed by atoms with Crippen LogP contribution in [0, 0.1) is 12.8 Å². The third kappa shape index (κ3) is 5.17. The summed E-state index contributed by atoms with van der Waals surface area (Å²) in [5, 5.41) is 6.62. The molecule has 2 aromatic carbocycles. The zero-order chi connectivity index (χ0) is 17.5. The fourth-order valence-corrected chi connectivity index (χ4v) is 2.28. The zero-order valence-electron chi connectivity index (χ0n) is 14.2. The van der Waals surface area contributed by atoms with Crippen molar-refractivity contribution in [1.82, 2.24) is 0 Å². The second kappa shape index (κ2) is 8.60. The molecule has 0 aliphatic rings. The number of halogens is 1. The molecule has 2 aromatic rings. The monoisotopic (exact) mass is 346 g/mol. The van der Waals surface area contributed by atoms with E-state index >= 15 is 0 Å². The van der Waals surface area contributed by atoms with Crippen LogP contribution in [0.15, 0.2) is 42.5 Å². The highest BCUT2D eigenvalue weighted by Gasteiger charge is 2.09. The van der Waals surface area contributed by atoms with E-state index in [4.69, 9.17) is 16.3 Å². The lowest BCUT2D eigenvalue weighted by Crippen LogP contribution is -2.22. The molecule has 0 spiro atoms. The molecule has 0 unspecified atom stereocenters. The first-order chi connectivity index (χ1) is 11.5. The average Bonchev–Trinajstić information content (AvgIpc) is 2.56. The Hall–Kier alpha value is -2.20. The van der Waals surface area contributed by atoms with Gasteiger partial charge in [0.15, 0.2) is 0 Å². The highest BCUT2D eigenvalue weighted by Crippen LogP contribution is 2.25. The van der Waals surface area contributed by atoms with E-state index in [9.17, 15) is 4.79 Å². The Bertz CT molecular complexity index is 702. The molecule has 0 aliphatic carbocycles. The summed E-state index contributed by atoms with van der Waals surface area (Å²) in [6.07, 6.45) is 0. The van der Waals surface area contributed by atoms with E-state index in [-0.39, 0.29) is 12.5 Å². The van der Waals surface area contributed by atoms with E-state index in [0.717, 1.165) is 22.7 Å². The molecular weight excluding hydrogens is 324 g/mol. The van der Waals surface area contributed by atoms with Gasteiger partial charge in [-0.05, 0) is 42.7 Å². The van der Waals surface area contributed by atoms with Crippen LogP contribution in [-0.2, 0) is 4.79 Å². The Kier molecular flexibility index (Phi) is 6.50. The Morgan fingerprint density at radius 3 is 2.58 bits per heavy atom. The minimum Gasteiger partial charge on any atom is -0.491 e. The minimum atomic E-state index is -0.140. The van der Waals surface area contributed by atoms with Gasteiger partial charge in [-0.2, -0.15) is 0 Å². The van der Waals surface area contributed by atoms with Crippen LogP contribution >= 0.6 is 11.6 Å². The molecule has 0 saturated carbocycles. The fraction of sp³-hybridized carbons (Fsp3) is 0.316. The van der Waals surface area contributed by atoms with Gasteiger partial charge in [0.25, 0.3) is 0 Å². The van der Waals surface area contributed by atoms with Crippen molar-refractivity contribution >= 4 is 28.9 Å². The molecule has 0 saturated heterocycles. The molecule has 2 N–H and O–H groups in total. The molecular formula is C19H23ClN2O2. The second-order valence-electron chi connectivity index (χ2n) is 6.02. The molecule has 0 heterocycles. The topological polar surface area (TPSA) is 50.4 Å². The first-order valence-electron chi connectivity index (χ1n) is 7.98. The number of anilines is 2. The van der Waals surface area contributed by atoms with Gasteiger partial charge < -0.3 is 15.4 Å². The van der Waals surface area contributed by atoms with Crippen LogP contribution in [0.5, 0.6) is 5.75 Å². The number of carbonyl (C=O) groups excluding carboxylic acids is 1. The molecule has 4 nitrogen and oxygen atoms in total. The average molecular weight is 347 g/mol. The number of ether oxygens (including phenoxy) is 1. The zero-order valence-corrected chi connectivity index (χ0v) is 15.0. The van der Waals surface area contributed by atoms with Gasteiger partial charge in [-0.1, -0.05) is 43.6 Å². The van der Waals surface area contributed by atoms with Gasteiger partial charge in [-0.3, -0.25) is 4.79 Å². The van der Waals surface area contributed by atoms with Crippen molar-refractivity contribution in [2.75, 3.05) is 23.8 Å². The van der Waals surface area contributed by atoms with Crippen LogP contribution in [0.4, 0.5) is 11.4 Å². The lowest BCUT2D eigenvalue weighted by molar-refractivity contribution is -0.114. The SMILES string of the molecule is Cc1c(Cl)cccc1NC(=O)CNc1ccccc1OCC(C)C. The van der Waals surface area contributed by atoms with Gasteiger partial charge in [0.1, 0.15) is 5.75 Å². The predicted molar refractivity (Wildman–Crippen MR) is 100 cm³/mol. The molecule has 0 fully saturated rings. The quantitative estimate of drug-likeness (QED) is 0.761. The summed E-state index contributed by atoms with van der Waals surface area (Å²) in [6, 6.07) is 13.1. The third-order valence-corrected chi connectivity index (χ3v) is 3.85. The number of carbonyl (C=O) groups is 1. The summed E-state index contributed by atoms with van der Waals surface area (Å²) in [6.45, 7) is 6.84. The number of para-hydroxylation sites is 2. The normalized spacial score (nSPS) is 10.5. The van der Waals surface area contributed by atoms with Crippen LogP contribution in [0.3, 0.4) is 0 Å². The summed E-state index contributed by atoms with van der Waals surface area (Å²) in [5.41, 5.74) is 2.38. The molecule has 5 heteroatoms. The molecule has 128 valence electrons. The molecule has 0 atom stereocenters. The van der Waals surface area contributed by atoms with E-state index < -0.39 is 0 Å². The lowest BCUT2D eigenvalue weighted by Gasteiger charge is -2.15. The first-order valence-corrected chi connectivity index (χ1v) is 8.36. The van der Waals surface area contributed by atoms with Gasteiger partial charge in [0.05, 0.1) is 18.8 Å². The van der Waals surface area contributed by atoms with Crippen LogP contribution in [0.1, 0.15) is 19.4 Å². The Morgan fingerprint density at radius 1 is 1.12 bits per heavy atom. The molecule has 1 amide bonds. The first kappa shape index (κ1) is 18.1. The highest BCUT2D eigenvalue weighted by atomic mass is 35.5. The maximum atomic E-state index is 12.2. The number of amides is 1. The largest absolute Gasteiger partial charge is 0.491 e. The number of rotatable bonds is 7. The van der Waals surface area contributed by atoms with Crippen LogP contribution < -0.4 is 15.4 Å². The molecule has 0 bridgehead atoms. The Labute approximate surface area is 148 Å². The highest BCUT2D eigenvalue weighted by molar-refractivity contribution is 6.31. The van der Waals surface area contributed by atoms with Gasteiger partial charge in [-0.15, -0.1) is 0 Å². The maximum Gasteiger partial charge on any atom is 0.243 e. The van der Waals surface area contributed by atoms with Crippen LogP contribution in [-0.4, -0.2) is 19.1 Å². The molecule has 0 aliphatic heterocycles. The van der Waals surface area contributed by atoms with Crippen LogP contribution in [0.2, 0.25) is 5.02 Å². The van der Waals surface area contributed by atoms with Crippen molar-refractivity contribution in [2.45, 2.75) is 20.8 Å². The van der Waals surface area contributed by atoms with Gasteiger partial charge in [0.2, 0.25) is 5.91 Å². The summed E-state index contributed by atoms with van der Waals surface area (Å²) in [5.74, 6) is 1.05.